The largest absolute Gasteiger partial charge is 0.393 e. The third kappa shape index (κ3) is 1.66. The molecule has 2 aliphatic rings. The molecular weight excluding hydrogens is 244 g/mol. The molecule has 2 rings (SSSR count). The molecule has 0 amide bonds. The predicted molar refractivity (Wildman–Crippen MR) is 71.4 cm³/mol. The molecule has 4 heteroatoms. The summed E-state index contributed by atoms with van der Waals surface area (Å²) in [7, 11) is 0. The van der Waals surface area contributed by atoms with Crippen LogP contribution in [0.4, 0.5) is 0 Å². The van der Waals surface area contributed by atoms with Gasteiger partial charge in [-0.2, -0.15) is 0 Å². The van der Waals surface area contributed by atoms with Crippen molar-refractivity contribution in [2.45, 2.75) is 52.2 Å². The van der Waals surface area contributed by atoms with Crippen molar-refractivity contribution in [2.24, 2.45) is 16.7 Å². The van der Waals surface area contributed by atoms with Gasteiger partial charge in [0.1, 0.15) is 5.60 Å². The van der Waals surface area contributed by atoms with E-state index in [0.29, 0.717) is 18.4 Å². The van der Waals surface area contributed by atoms with Crippen molar-refractivity contribution in [3.8, 4) is 0 Å². The second-order valence-corrected chi connectivity index (χ2v) is 6.97. The van der Waals surface area contributed by atoms with E-state index >= 15 is 0 Å². The minimum atomic E-state index is -1.39. The molecule has 0 bridgehead atoms. The van der Waals surface area contributed by atoms with Crippen LogP contribution in [-0.2, 0) is 4.79 Å². The molecule has 1 fully saturated rings. The molecule has 0 aromatic rings. The van der Waals surface area contributed by atoms with Gasteiger partial charge in [0.2, 0.25) is 0 Å². The van der Waals surface area contributed by atoms with E-state index in [-0.39, 0.29) is 5.78 Å². The maximum atomic E-state index is 12.4. The van der Waals surface area contributed by atoms with Crippen LogP contribution in [0.2, 0.25) is 0 Å². The standard InChI is InChI=1S/C15H24O4/c1-9-7-10(17)12-13(2,3)11(18)5-6-14(12,4)15(9,19)8-16/h7,11-12,16,18-19H,5-6,8H2,1-4H3/t11?,12-,14-,15+/m0/s1. The van der Waals surface area contributed by atoms with Gasteiger partial charge in [0, 0.05) is 16.7 Å². The molecule has 0 spiro atoms. The molecule has 3 N–H and O–H groups in total. The number of ketones is 1. The smallest absolute Gasteiger partial charge is 0.160 e. The molecule has 0 radical (unpaired) electrons. The van der Waals surface area contributed by atoms with Gasteiger partial charge < -0.3 is 15.3 Å². The summed E-state index contributed by atoms with van der Waals surface area (Å²) < 4.78 is 0. The van der Waals surface area contributed by atoms with E-state index < -0.39 is 35.1 Å². The van der Waals surface area contributed by atoms with E-state index in [1.54, 1.807) is 6.92 Å². The third-order valence-electron chi connectivity index (χ3n) is 5.65. The van der Waals surface area contributed by atoms with Gasteiger partial charge in [-0.25, -0.2) is 0 Å². The zero-order chi connectivity index (χ0) is 14.6. The van der Waals surface area contributed by atoms with Gasteiger partial charge in [-0.15, -0.1) is 0 Å². The lowest BCUT2D eigenvalue weighted by molar-refractivity contribution is -0.191. The average Bonchev–Trinajstić information content (AvgIpc) is 2.31. The predicted octanol–water partition coefficient (Wildman–Crippen LogP) is 1.04. The van der Waals surface area contributed by atoms with E-state index in [2.05, 4.69) is 0 Å². The summed E-state index contributed by atoms with van der Waals surface area (Å²) in [4.78, 5) is 12.4. The van der Waals surface area contributed by atoms with Crippen molar-refractivity contribution in [1.29, 1.82) is 0 Å². The Morgan fingerprint density at radius 3 is 2.47 bits per heavy atom. The van der Waals surface area contributed by atoms with Crippen LogP contribution in [0.5, 0.6) is 0 Å². The molecule has 0 aliphatic heterocycles. The lowest BCUT2D eigenvalue weighted by Crippen LogP contribution is -2.65. The maximum absolute atomic E-state index is 12.4. The Morgan fingerprint density at radius 1 is 1.37 bits per heavy atom. The Bertz CT molecular complexity index is 439. The first-order valence-corrected chi connectivity index (χ1v) is 6.85. The maximum Gasteiger partial charge on any atom is 0.160 e. The first-order chi connectivity index (χ1) is 8.61. The van der Waals surface area contributed by atoms with Crippen LogP contribution in [-0.4, -0.2) is 39.4 Å². The summed E-state index contributed by atoms with van der Waals surface area (Å²) in [5.41, 5.74) is -2.21. The number of rotatable bonds is 1. The van der Waals surface area contributed by atoms with E-state index in [1.807, 2.05) is 20.8 Å². The fraction of sp³-hybridized carbons (Fsp3) is 0.800. The second kappa shape index (κ2) is 4.14. The van der Waals surface area contributed by atoms with Crippen molar-refractivity contribution >= 4 is 5.78 Å². The van der Waals surface area contributed by atoms with E-state index in [0.717, 1.165) is 0 Å². The Hall–Kier alpha value is -0.710. The Balaban J connectivity index is 2.63. The summed E-state index contributed by atoms with van der Waals surface area (Å²) in [5.74, 6) is -0.536. The van der Waals surface area contributed by atoms with Gasteiger partial charge >= 0.3 is 0 Å². The molecule has 2 aliphatic carbocycles. The lowest BCUT2D eigenvalue weighted by atomic mass is 9.46. The van der Waals surface area contributed by atoms with Crippen molar-refractivity contribution in [2.75, 3.05) is 6.61 Å². The fourth-order valence-corrected chi connectivity index (χ4v) is 4.26. The Morgan fingerprint density at radius 2 is 1.95 bits per heavy atom. The molecule has 1 saturated carbocycles. The first kappa shape index (κ1) is 14.7. The minimum Gasteiger partial charge on any atom is -0.393 e. The highest BCUT2D eigenvalue weighted by Crippen LogP contribution is 2.59. The number of hydrogen-bond donors (Lipinski definition) is 3. The van der Waals surface area contributed by atoms with Gasteiger partial charge in [0.25, 0.3) is 0 Å². The molecular formula is C15H24O4. The van der Waals surface area contributed by atoms with Crippen LogP contribution in [0.1, 0.15) is 40.5 Å². The first-order valence-electron chi connectivity index (χ1n) is 6.85. The summed E-state index contributed by atoms with van der Waals surface area (Å²) in [6, 6.07) is 0. The van der Waals surface area contributed by atoms with E-state index in [4.69, 9.17) is 0 Å². The van der Waals surface area contributed by atoms with Gasteiger partial charge in [-0.05, 0) is 31.4 Å². The Kier molecular flexibility index (Phi) is 3.20. The summed E-state index contributed by atoms with van der Waals surface area (Å²) in [5, 5.41) is 30.8. The quantitative estimate of drug-likeness (QED) is 0.664. The van der Waals surface area contributed by atoms with Crippen LogP contribution in [0.15, 0.2) is 11.6 Å². The molecule has 19 heavy (non-hydrogen) atoms. The highest BCUT2D eigenvalue weighted by Gasteiger charge is 2.64. The van der Waals surface area contributed by atoms with Gasteiger partial charge in [-0.3, -0.25) is 4.79 Å². The van der Waals surface area contributed by atoms with Crippen molar-refractivity contribution in [3.63, 3.8) is 0 Å². The van der Waals surface area contributed by atoms with Crippen LogP contribution < -0.4 is 0 Å². The number of carbonyl (C=O) groups is 1. The fourth-order valence-electron chi connectivity index (χ4n) is 4.26. The van der Waals surface area contributed by atoms with Gasteiger partial charge in [0.05, 0.1) is 12.7 Å². The summed E-state index contributed by atoms with van der Waals surface area (Å²) in [6.07, 6.45) is 1.92. The number of allylic oxidation sites excluding steroid dienone is 1. The van der Waals surface area contributed by atoms with Crippen molar-refractivity contribution in [1.82, 2.24) is 0 Å². The summed E-state index contributed by atoms with van der Waals surface area (Å²) in [6.45, 7) is 6.87. The molecule has 4 atom stereocenters. The molecule has 4 nitrogen and oxygen atoms in total. The normalized spacial score (nSPS) is 45.6. The lowest BCUT2D eigenvalue weighted by Gasteiger charge is -2.59. The average molecular weight is 268 g/mol. The molecule has 0 saturated heterocycles. The third-order valence-corrected chi connectivity index (χ3v) is 5.65. The summed E-state index contributed by atoms with van der Waals surface area (Å²) >= 11 is 0. The number of aliphatic hydroxyl groups is 3. The van der Waals surface area contributed by atoms with Crippen LogP contribution in [0.3, 0.4) is 0 Å². The zero-order valence-corrected chi connectivity index (χ0v) is 12.1. The van der Waals surface area contributed by atoms with Crippen LogP contribution in [0.25, 0.3) is 0 Å². The van der Waals surface area contributed by atoms with Crippen LogP contribution in [0, 0.1) is 16.7 Å². The Labute approximate surface area is 114 Å². The number of aliphatic hydroxyl groups excluding tert-OH is 2. The number of fused-ring (bicyclic) bond motifs is 1. The number of carbonyl (C=O) groups excluding carboxylic acids is 1. The van der Waals surface area contributed by atoms with E-state index in [9.17, 15) is 20.1 Å². The molecule has 0 heterocycles. The van der Waals surface area contributed by atoms with Gasteiger partial charge in [-0.1, -0.05) is 20.8 Å². The number of hydrogen-bond acceptors (Lipinski definition) is 4. The minimum absolute atomic E-state index is 0.0538. The zero-order valence-electron chi connectivity index (χ0n) is 12.1. The molecule has 108 valence electrons. The monoisotopic (exact) mass is 268 g/mol. The molecule has 0 aromatic heterocycles. The molecule has 1 unspecified atom stereocenters. The second-order valence-electron chi connectivity index (χ2n) is 6.97. The highest BCUT2D eigenvalue weighted by atomic mass is 16.3. The van der Waals surface area contributed by atoms with Crippen molar-refractivity contribution < 1.29 is 20.1 Å². The van der Waals surface area contributed by atoms with Crippen LogP contribution >= 0.6 is 0 Å². The van der Waals surface area contributed by atoms with Gasteiger partial charge in [0.15, 0.2) is 5.78 Å². The molecule has 0 aromatic carbocycles. The van der Waals surface area contributed by atoms with Crippen molar-refractivity contribution in [3.05, 3.63) is 11.6 Å². The highest BCUT2D eigenvalue weighted by molar-refractivity contribution is 5.95. The van der Waals surface area contributed by atoms with E-state index in [1.165, 1.54) is 6.08 Å². The topological polar surface area (TPSA) is 77.8 Å². The SMILES string of the molecule is CC1=CC(=O)[C@H]2C(C)(C)C(O)CC[C@]2(C)[C@@]1(O)CO.